The smallest absolute Gasteiger partial charge is 0.300 e. The summed E-state index contributed by atoms with van der Waals surface area (Å²) in [7, 11) is -3.99. The highest BCUT2D eigenvalue weighted by Crippen LogP contribution is 2.31. The quantitative estimate of drug-likeness (QED) is 0.377. The van der Waals surface area contributed by atoms with Gasteiger partial charge >= 0.3 is 10.0 Å². The van der Waals surface area contributed by atoms with Crippen molar-refractivity contribution < 1.29 is 8.42 Å². The average molecular weight is 521 g/mol. The van der Waals surface area contributed by atoms with E-state index in [1.807, 2.05) is 19.2 Å². The molecule has 2 aliphatic rings. The highest BCUT2D eigenvalue weighted by atomic mass is 32.2. The lowest BCUT2D eigenvalue weighted by atomic mass is 10.0. The van der Waals surface area contributed by atoms with E-state index < -0.39 is 10.0 Å². The van der Waals surface area contributed by atoms with Gasteiger partial charge in [-0.2, -0.15) is 22.7 Å². The van der Waals surface area contributed by atoms with E-state index in [1.54, 1.807) is 30.0 Å². The minimum atomic E-state index is -3.99. The van der Waals surface area contributed by atoms with Crippen molar-refractivity contribution >= 4 is 27.3 Å². The van der Waals surface area contributed by atoms with E-state index in [2.05, 4.69) is 35.9 Å². The lowest BCUT2D eigenvalue weighted by molar-refractivity contribution is 0.132. The largest absolute Gasteiger partial charge is 0.301 e. The second-order valence-electron chi connectivity index (χ2n) is 10.0. The fourth-order valence-electron chi connectivity index (χ4n) is 5.75. The highest BCUT2D eigenvalue weighted by Gasteiger charge is 2.29. The van der Waals surface area contributed by atoms with Crippen LogP contribution in [0, 0.1) is 6.92 Å². The van der Waals surface area contributed by atoms with Crippen LogP contribution < -0.4 is 0 Å². The molecule has 0 unspecified atom stereocenters. The maximum atomic E-state index is 13.6. The van der Waals surface area contributed by atoms with Crippen molar-refractivity contribution in [1.82, 2.24) is 38.4 Å². The Labute approximate surface area is 216 Å². The standard InChI is InChI=1S/C26H32N8O2S/c1-3-10-32-19(2)27-17-26(32)37(35,36)34-25-13-20(14-28-24(25)16-30-34)21-15-29-33(18-21)23-8-11-31(12-9-23)22-6-4-5-7-22/h3,10,13-18,22-23H,4-9,11-12H2,1-2H3. The van der Waals surface area contributed by atoms with Crippen LogP contribution in [0.25, 0.3) is 28.4 Å². The van der Waals surface area contributed by atoms with E-state index in [0.29, 0.717) is 22.9 Å². The van der Waals surface area contributed by atoms with Gasteiger partial charge in [-0.1, -0.05) is 18.9 Å². The Morgan fingerprint density at radius 3 is 2.46 bits per heavy atom. The predicted octanol–water partition coefficient (Wildman–Crippen LogP) is 4.11. The first-order valence-corrected chi connectivity index (χ1v) is 14.4. The van der Waals surface area contributed by atoms with Crippen molar-refractivity contribution in [3.8, 4) is 11.1 Å². The number of imidazole rings is 1. The highest BCUT2D eigenvalue weighted by molar-refractivity contribution is 7.90. The van der Waals surface area contributed by atoms with Crippen molar-refractivity contribution in [2.24, 2.45) is 0 Å². The van der Waals surface area contributed by atoms with Gasteiger partial charge in [0.1, 0.15) is 16.9 Å². The molecule has 0 radical (unpaired) electrons. The molecule has 1 aliphatic heterocycles. The molecule has 1 aliphatic carbocycles. The van der Waals surface area contributed by atoms with Crippen molar-refractivity contribution in [1.29, 1.82) is 0 Å². The molecule has 2 fully saturated rings. The number of pyridine rings is 1. The van der Waals surface area contributed by atoms with Gasteiger partial charge in [-0.05, 0) is 45.6 Å². The summed E-state index contributed by atoms with van der Waals surface area (Å²) in [6, 6.07) is 2.97. The summed E-state index contributed by atoms with van der Waals surface area (Å²) < 4.78 is 31.8. The van der Waals surface area contributed by atoms with Crippen LogP contribution >= 0.6 is 0 Å². The third-order valence-corrected chi connectivity index (χ3v) is 9.35. The first-order valence-electron chi connectivity index (χ1n) is 13.0. The molecule has 0 amide bonds. The van der Waals surface area contributed by atoms with E-state index in [0.717, 1.165) is 47.2 Å². The molecule has 4 aromatic heterocycles. The van der Waals surface area contributed by atoms with Gasteiger partial charge in [-0.25, -0.2) is 4.98 Å². The molecule has 0 N–H and O–H groups in total. The number of fused-ring (bicyclic) bond motifs is 1. The van der Waals surface area contributed by atoms with E-state index in [1.165, 1.54) is 38.1 Å². The number of hydrogen-bond donors (Lipinski definition) is 0. The third-order valence-electron chi connectivity index (χ3n) is 7.78. The Bertz CT molecular complexity index is 1550. The average Bonchev–Trinajstić information content (AvgIpc) is 3.71. The third kappa shape index (κ3) is 4.29. The summed E-state index contributed by atoms with van der Waals surface area (Å²) >= 11 is 0. The fourth-order valence-corrected chi connectivity index (χ4v) is 7.13. The van der Waals surface area contributed by atoms with Gasteiger partial charge < -0.3 is 4.90 Å². The summed E-state index contributed by atoms with van der Waals surface area (Å²) in [6.07, 6.45) is 19.5. The zero-order chi connectivity index (χ0) is 25.6. The molecule has 10 nitrogen and oxygen atoms in total. The first kappa shape index (κ1) is 24.1. The molecule has 194 valence electrons. The summed E-state index contributed by atoms with van der Waals surface area (Å²) in [5, 5.41) is 8.90. The molecular weight excluding hydrogens is 488 g/mol. The number of hydrogen-bond acceptors (Lipinski definition) is 7. The summed E-state index contributed by atoms with van der Waals surface area (Å²) in [4.78, 5) is 11.4. The van der Waals surface area contributed by atoms with Crippen molar-refractivity contribution in [2.75, 3.05) is 13.1 Å². The number of allylic oxidation sites excluding steroid dienone is 1. The van der Waals surface area contributed by atoms with Gasteiger partial charge in [0.25, 0.3) is 0 Å². The second-order valence-corrected chi connectivity index (χ2v) is 11.7. The predicted molar refractivity (Wildman–Crippen MR) is 141 cm³/mol. The molecule has 1 saturated carbocycles. The normalized spacial score (nSPS) is 18.5. The number of piperidine rings is 1. The molecule has 0 bridgehead atoms. The molecule has 6 rings (SSSR count). The minimum Gasteiger partial charge on any atom is -0.300 e. The van der Waals surface area contributed by atoms with Crippen LogP contribution in [0.5, 0.6) is 0 Å². The Kier molecular flexibility index (Phi) is 6.20. The van der Waals surface area contributed by atoms with Crippen LogP contribution in [0.15, 0.2) is 48.2 Å². The fraction of sp³-hybridized carbons (Fsp3) is 0.462. The maximum Gasteiger partial charge on any atom is 0.301 e. The Balaban J connectivity index is 1.27. The zero-order valence-electron chi connectivity index (χ0n) is 21.2. The summed E-state index contributed by atoms with van der Waals surface area (Å²) in [5.74, 6) is 0.577. The van der Waals surface area contributed by atoms with Crippen LogP contribution in [-0.2, 0) is 10.0 Å². The number of aromatic nitrogens is 7. The number of aryl methyl sites for hydroxylation is 1. The maximum absolute atomic E-state index is 13.6. The van der Waals surface area contributed by atoms with Gasteiger partial charge in [0, 0.05) is 48.9 Å². The molecular formula is C26H32N8O2S. The van der Waals surface area contributed by atoms with E-state index >= 15 is 0 Å². The Morgan fingerprint density at radius 1 is 0.919 bits per heavy atom. The lowest BCUT2D eigenvalue weighted by Crippen LogP contribution is -2.40. The topological polar surface area (TPSA) is 104 Å². The molecule has 0 spiro atoms. The van der Waals surface area contributed by atoms with Gasteiger partial charge in [0.2, 0.25) is 0 Å². The molecule has 1 saturated heterocycles. The van der Waals surface area contributed by atoms with Gasteiger partial charge in [0.15, 0.2) is 5.03 Å². The molecule has 37 heavy (non-hydrogen) atoms. The van der Waals surface area contributed by atoms with Crippen LogP contribution in [0.3, 0.4) is 0 Å². The van der Waals surface area contributed by atoms with Gasteiger partial charge in [0.05, 0.1) is 24.6 Å². The van der Waals surface area contributed by atoms with Crippen LogP contribution in [-0.4, -0.2) is 66.0 Å². The van der Waals surface area contributed by atoms with E-state index in [4.69, 9.17) is 0 Å². The van der Waals surface area contributed by atoms with Crippen molar-refractivity contribution in [3.63, 3.8) is 0 Å². The summed E-state index contributed by atoms with van der Waals surface area (Å²) in [6.45, 7) is 5.83. The van der Waals surface area contributed by atoms with E-state index in [-0.39, 0.29) is 5.03 Å². The SMILES string of the molecule is CC=Cn1c(S(=O)(=O)n2ncc3ncc(-c4cnn(C5CCN(C6CCCC6)CC5)c4)cc32)cnc1C. The van der Waals surface area contributed by atoms with Crippen molar-refractivity contribution in [2.45, 2.75) is 69.5 Å². The van der Waals surface area contributed by atoms with Crippen LogP contribution in [0.1, 0.15) is 57.3 Å². The van der Waals surface area contributed by atoms with Crippen LogP contribution in [0.2, 0.25) is 0 Å². The van der Waals surface area contributed by atoms with Gasteiger partial charge in [-0.3, -0.25) is 14.2 Å². The zero-order valence-corrected chi connectivity index (χ0v) is 22.0. The van der Waals surface area contributed by atoms with Gasteiger partial charge in [-0.15, -0.1) is 0 Å². The monoisotopic (exact) mass is 520 g/mol. The second kappa shape index (κ2) is 9.53. The number of rotatable bonds is 6. The Morgan fingerprint density at radius 2 is 1.70 bits per heavy atom. The first-order chi connectivity index (χ1) is 18.0. The molecule has 5 heterocycles. The number of nitrogens with zero attached hydrogens (tertiary/aromatic N) is 8. The summed E-state index contributed by atoms with van der Waals surface area (Å²) in [5.41, 5.74) is 2.64. The molecule has 4 aromatic rings. The minimum absolute atomic E-state index is 0.0512. The Hall–Kier alpha value is -3.31. The molecule has 0 atom stereocenters. The molecule has 11 heteroatoms. The van der Waals surface area contributed by atoms with Crippen molar-refractivity contribution in [3.05, 3.63) is 49.0 Å². The molecule has 0 aromatic carbocycles. The van der Waals surface area contributed by atoms with E-state index in [9.17, 15) is 8.42 Å². The lowest BCUT2D eigenvalue weighted by Gasteiger charge is -2.36. The number of likely N-dealkylation sites (tertiary alicyclic amines) is 1. The van der Waals surface area contributed by atoms with Crippen LogP contribution in [0.4, 0.5) is 0 Å².